The minimum absolute atomic E-state index is 0.0324. The number of halogens is 1. The van der Waals surface area contributed by atoms with E-state index in [0.717, 1.165) is 0 Å². The highest BCUT2D eigenvalue weighted by atomic mass is 19.1. The topological polar surface area (TPSA) is 78.9 Å². The number of hydrogen-bond acceptors (Lipinski definition) is 4. The molecule has 0 bridgehead atoms. The second-order valence-corrected chi connectivity index (χ2v) is 4.75. The first-order valence-electron chi connectivity index (χ1n) is 5.43. The van der Waals surface area contributed by atoms with Crippen molar-refractivity contribution in [2.75, 3.05) is 6.61 Å². The highest BCUT2D eigenvalue weighted by Crippen LogP contribution is 2.32. The molecule has 2 aliphatic heterocycles. The molecule has 96 valence electrons. The number of amides is 3. The van der Waals surface area contributed by atoms with Crippen LogP contribution in [-0.4, -0.2) is 52.6 Å². The molecule has 3 amide bonds. The van der Waals surface area contributed by atoms with E-state index in [-0.39, 0.29) is 6.42 Å². The summed E-state index contributed by atoms with van der Waals surface area (Å²) in [7, 11) is 0. The Hall–Kier alpha value is -1.21. The third kappa shape index (κ3) is 1.79. The third-order valence-electron chi connectivity index (χ3n) is 3.23. The van der Waals surface area contributed by atoms with Gasteiger partial charge in [-0.15, -0.1) is 0 Å². The molecule has 2 aliphatic rings. The van der Waals surface area contributed by atoms with Crippen LogP contribution in [0, 0.1) is 0 Å². The van der Waals surface area contributed by atoms with Gasteiger partial charge >= 0.3 is 6.03 Å². The van der Waals surface area contributed by atoms with Gasteiger partial charge in [0, 0.05) is 6.42 Å². The molecule has 2 fully saturated rings. The highest BCUT2D eigenvalue weighted by molar-refractivity contribution is 6.06. The number of aliphatic hydroxyl groups excluding tert-OH is 1. The van der Waals surface area contributed by atoms with E-state index in [4.69, 9.17) is 9.84 Å². The fraction of sp³-hybridized carbons (Fsp3) is 0.800. The van der Waals surface area contributed by atoms with Gasteiger partial charge in [0.2, 0.25) is 0 Å². The largest absolute Gasteiger partial charge is 0.394 e. The number of hydrogen-bond donors (Lipinski definition) is 2. The van der Waals surface area contributed by atoms with E-state index < -0.39 is 42.6 Å². The SMILES string of the molecule is CC1(C)C(=O)NC(=O)N1[C@H]1C[C@H](F)[C@@H](CO)O1. The van der Waals surface area contributed by atoms with Crippen LogP contribution in [-0.2, 0) is 9.53 Å². The van der Waals surface area contributed by atoms with Gasteiger partial charge < -0.3 is 9.84 Å². The number of nitrogens with zero attached hydrogens (tertiary/aromatic N) is 1. The number of urea groups is 1. The zero-order valence-corrected chi connectivity index (χ0v) is 9.64. The Labute approximate surface area is 97.7 Å². The van der Waals surface area contributed by atoms with E-state index in [1.807, 2.05) is 0 Å². The summed E-state index contributed by atoms with van der Waals surface area (Å²) < 4.78 is 18.7. The van der Waals surface area contributed by atoms with Crippen molar-refractivity contribution in [1.82, 2.24) is 10.2 Å². The average Bonchev–Trinajstić information content (AvgIpc) is 2.66. The summed E-state index contributed by atoms with van der Waals surface area (Å²) in [4.78, 5) is 24.3. The summed E-state index contributed by atoms with van der Waals surface area (Å²) in [6.07, 6.45) is -3.11. The van der Waals surface area contributed by atoms with Crippen molar-refractivity contribution in [1.29, 1.82) is 0 Å². The van der Waals surface area contributed by atoms with Gasteiger partial charge in [-0.1, -0.05) is 0 Å². The molecule has 2 N–H and O–H groups in total. The van der Waals surface area contributed by atoms with Gasteiger partial charge in [-0.25, -0.2) is 9.18 Å². The normalized spacial score (nSPS) is 36.5. The van der Waals surface area contributed by atoms with Gasteiger partial charge in [-0.2, -0.15) is 0 Å². The van der Waals surface area contributed by atoms with Crippen LogP contribution < -0.4 is 5.32 Å². The van der Waals surface area contributed by atoms with Gasteiger partial charge in [0.1, 0.15) is 24.0 Å². The first kappa shape index (κ1) is 12.3. The van der Waals surface area contributed by atoms with Crippen LogP contribution in [0.2, 0.25) is 0 Å². The Morgan fingerprint density at radius 3 is 2.65 bits per heavy atom. The number of alkyl halides is 1. The maximum atomic E-state index is 13.4. The number of ether oxygens (including phenoxy) is 1. The lowest BCUT2D eigenvalue weighted by Gasteiger charge is -2.32. The molecule has 0 unspecified atom stereocenters. The van der Waals surface area contributed by atoms with Crippen LogP contribution in [0.5, 0.6) is 0 Å². The molecular formula is C10H15FN2O4. The Morgan fingerprint density at radius 1 is 1.59 bits per heavy atom. The van der Waals surface area contributed by atoms with Crippen LogP contribution in [0.25, 0.3) is 0 Å². The van der Waals surface area contributed by atoms with E-state index in [1.54, 1.807) is 13.8 Å². The van der Waals surface area contributed by atoms with Crippen molar-refractivity contribution >= 4 is 11.9 Å². The van der Waals surface area contributed by atoms with Crippen molar-refractivity contribution in [3.05, 3.63) is 0 Å². The minimum Gasteiger partial charge on any atom is -0.394 e. The van der Waals surface area contributed by atoms with E-state index in [1.165, 1.54) is 4.90 Å². The van der Waals surface area contributed by atoms with E-state index >= 15 is 0 Å². The molecular weight excluding hydrogens is 231 g/mol. The van der Waals surface area contributed by atoms with E-state index in [2.05, 4.69) is 5.32 Å². The fourth-order valence-corrected chi connectivity index (χ4v) is 2.17. The second-order valence-electron chi connectivity index (χ2n) is 4.75. The first-order chi connectivity index (χ1) is 7.87. The van der Waals surface area contributed by atoms with Crippen molar-refractivity contribution in [3.63, 3.8) is 0 Å². The van der Waals surface area contributed by atoms with Gasteiger partial charge in [-0.05, 0) is 13.8 Å². The average molecular weight is 246 g/mol. The molecule has 2 heterocycles. The number of aliphatic hydroxyl groups is 1. The van der Waals surface area contributed by atoms with E-state index in [9.17, 15) is 14.0 Å². The molecule has 0 radical (unpaired) electrons. The first-order valence-corrected chi connectivity index (χ1v) is 5.43. The second kappa shape index (κ2) is 3.92. The van der Waals surface area contributed by atoms with E-state index in [0.29, 0.717) is 0 Å². The van der Waals surface area contributed by atoms with Crippen molar-refractivity contribution in [3.8, 4) is 0 Å². The number of carbonyl (C=O) groups excluding carboxylic acids is 2. The monoisotopic (exact) mass is 246 g/mol. The van der Waals surface area contributed by atoms with Crippen LogP contribution >= 0.6 is 0 Å². The summed E-state index contributed by atoms with van der Waals surface area (Å²) in [5.41, 5.74) is -1.06. The number of nitrogens with one attached hydrogen (secondary N) is 1. The molecule has 0 aliphatic carbocycles. The third-order valence-corrected chi connectivity index (χ3v) is 3.23. The quantitative estimate of drug-likeness (QED) is 0.659. The maximum absolute atomic E-state index is 13.4. The summed E-state index contributed by atoms with van der Waals surface area (Å²) in [5.74, 6) is -0.436. The zero-order valence-electron chi connectivity index (χ0n) is 9.64. The predicted molar refractivity (Wildman–Crippen MR) is 54.7 cm³/mol. The number of rotatable bonds is 2. The molecule has 2 saturated heterocycles. The van der Waals surface area contributed by atoms with Crippen molar-refractivity contribution in [2.45, 2.75) is 44.3 Å². The van der Waals surface area contributed by atoms with Crippen LogP contribution in [0.1, 0.15) is 20.3 Å². The van der Waals surface area contributed by atoms with Crippen molar-refractivity contribution in [2.24, 2.45) is 0 Å². The summed E-state index contributed by atoms with van der Waals surface area (Å²) in [6, 6.07) is -0.587. The van der Waals surface area contributed by atoms with Crippen molar-refractivity contribution < 1.29 is 23.8 Å². The Balaban J connectivity index is 2.18. The number of imide groups is 1. The lowest BCUT2D eigenvalue weighted by Crippen LogP contribution is -2.50. The molecule has 2 rings (SSSR count). The highest BCUT2D eigenvalue weighted by Gasteiger charge is 2.52. The van der Waals surface area contributed by atoms with Gasteiger partial charge in [-0.3, -0.25) is 15.0 Å². The van der Waals surface area contributed by atoms with Gasteiger partial charge in [0.15, 0.2) is 0 Å². The summed E-state index contributed by atoms with van der Waals surface area (Å²) in [6.45, 7) is 2.69. The lowest BCUT2D eigenvalue weighted by atomic mass is 10.0. The Kier molecular flexibility index (Phi) is 2.82. The molecule has 3 atom stereocenters. The maximum Gasteiger partial charge on any atom is 0.327 e. The smallest absolute Gasteiger partial charge is 0.327 e. The zero-order chi connectivity index (χ0) is 12.8. The summed E-state index contributed by atoms with van der Waals surface area (Å²) >= 11 is 0. The van der Waals surface area contributed by atoms with Crippen LogP contribution in [0.3, 0.4) is 0 Å². The Morgan fingerprint density at radius 2 is 2.24 bits per heavy atom. The number of carbonyl (C=O) groups is 2. The summed E-state index contributed by atoms with van der Waals surface area (Å²) in [5, 5.41) is 11.1. The van der Waals surface area contributed by atoms with Crippen LogP contribution in [0.4, 0.5) is 9.18 Å². The van der Waals surface area contributed by atoms with Gasteiger partial charge in [0.25, 0.3) is 5.91 Å². The van der Waals surface area contributed by atoms with Crippen LogP contribution in [0.15, 0.2) is 0 Å². The molecule has 0 spiro atoms. The molecule has 0 aromatic heterocycles. The molecule has 0 aromatic carbocycles. The standard InChI is InChI=1S/C10H15FN2O4/c1-10(2)8(15)12-9(16)13(10)7-3-5(11)6(4-14)17-7/h5-7,14H,3-4H2,1-2H3,(H,12,15,16)/t5-,6+,7+/m0/s1. The molecule has 0 saturated carbocycles. The molecule has 6 nitrogen and oxygen atoms in total. The predicted octanol–water partition coefficient (Wildman–Crippen LogP) is -0.238. The Bertz CT molecular complexity index is 360. The minimum atomic E-state index is -1.33. The molecule has 0 aromatic rings. The van der Waals surface area contributed by atoms with Gasteiger partial charge in [0.05, 0.1) is 6.61 Å². The molecule has 17 heavy (non-hydrogen) atoms. The molecule has 7 heteroatoms. The lowest BCUT2D eigenvalue weighted by molar-refractivity contribution is -0.130. The fourth-order valence-electron chi connectivity index (χ4n) is 2.17.